The first kappa shape index (κ1) is 34.5. The smallest absolute Gasteiger partial charge is 0.338 e. The number of halogens is 3. The van der Waals surface area contributed by atoms with Crippen LogP contribution in [0.5, 0.6) is 17.2 Å². The predicted molar refractivity (Wildman–Crippen MR) is 196 cm³/mol. The molecule has 5 aromatic rings. The Morgan fingerprint density at radius 3 is 2.51 bits per heavy atom. The highest BCUT2D eigenvalue weighted by Crippen LogP contribution is 2.39. The molecule has 6 rings (SSSR count). The fourth-order valence-corrected chi connectivity index (χ4v) is 7.51. The summed E-state index contributed by atoms with van der Waals surface area (Å²) < 4.78 is 25.4. The zero-order valence-corrected chi connectivity index (χ0v) is 30.5. The number of carbonyl (C=O) groups excluding carboxylic acids is 1. The Labute approximate surface area is 304 Å². The van der Waals surface area contributed by atoms with Crippen molar-refractivity contribution in [3.8, 4) is 17.2 Å². The number of rotatable bonds is 10. The molecule has 1 aromatic heterocycles. The van der Waals surface area contributed by atoms with Gasteiger partial charge in [-0.05, 0) is 76.5 Å². The van der Waals surface area contributed by atoms with Crippen LogP contribution in [0.4, 0.5) is 0 Å². The van der Waals surface area contributed by atoms with Gasteiger partial charge in [0.15, 0.2) is 16.3 Å². The summed E-state index contributed by atoms with van der Waals surface area (Å²) in [5.41, 5.74) is 3.20. The summed E-state index contributed by atoms with van der Waals surface area (Å²) in [6.07, 6.45) is 1.76. The molecule has 0 unspecified atom stereocenters. The monoisotopic (exact) mass is 778 g/mol. The Morgan fingerprint density at radius 2 is 1.80 bits per heavy atom. The van der Waals surface area contributed by atoms with E-state index in [1.807, 2.05) is 60.7 Å². The van der Waals surface area contributed by atoms with Crippen LogP contribution in [0.15, 0.2) is 105 Å². The Balaban J connectivity index is 1.49. The standard InChI is InChI=1S/C37H29BrCl2N2O6S/c1-4-47-36(44)31-32(22-9-6-5-7-10-22)41-37-42(33(31)23-11-8-12-26(18-23)45-2)35(43)30(49-37)17-21-15-27(38)34(29(16-21)46-3)48-20-24-13-14-25(39)19-28(24)40/h5-19,33H,4,20H2,1-3H3/b30-17-/t33-/m1/s1. The second-order valence-electron chi connectivity index (χ2n) is 10.8. The topological polar surface area (TPSA) is 88.4 Å². The van der Waals surface area contributed by atoms with Gasteiger partial charge >= 0.3 is 5.97 Å². The lowest BCUT2D eigenvalue weighted by Gasteiger charge is -2.26. The molecule has 0 fully saturated rings. The number of hydrogen-bond donors (Lipinski definition) is 0. The number of ether oxygens (including phenoxy) is 4. The first-order chi connectivity index (χ1) is 23.7. The van der Waals surface area contributed by atoms with Gasteiger partial charge in [0.25, 0.3) is 5.56 Å². The largest absolute Gasteiger partial charge is 0.497 e. The van der Waals surface area contributed by atoms with Crippen LogP contribution in [-0.4, -0.2) is 31.4 Å². The van der Waals surface area contributed by atoms with Gasteiger partial charge in [-0.1, -0.05) is 83.1 Å². The van der Waals surface area contributed by atoms with E-state index in [0.29, 0.717) is 57.9 Å². The van der Waals surface area contributed by atoms with Gasteiger partial charge in [0.05, 0.1) is 47.1 Å². The summed E-state index contributed by atoms with van der Waals surface area (Å²) in [5.74, 6) is 0.940. The number of aromatic nitrogens is 1. The van der Waals surface area contributed by atoms with E-state index < -0.39 is 12.0 Å². The molecule has 2 heterocycles. The molecule has 8 nitrogen and oxygen atoms in total. The van der Waals surface area contributed by atoms with Crippen LogP contribution in [0.3, 0.4) is 0 Å². The van der Waals surface area contributed by atoms with E-state index in [9.17, 15) is 9.59 Å². The number of methoxy groups -OCH3 is 2. The summed E-state index contributed by atoms with van der Waals surface area (Å²) in [7, 11) is 3.11. The van der Waals surface area contributed by atoms with Crippen LogP contribution in [0.25, 0.3) is 11.8 Å². The van der Waals surface area contributed by atoms with Crippen molar-refractivity contribution in [2.45, 2.75) is 19.6 Å². The molecule has 12 heteroatoms. The van der Waals surface area contributed by atoms with Crippen molar-refractivity contribution in [1.82, 2.24) is 4.57 Å². The van der Waals surface area contributed by atoms with Crippen LogP contribution < -0.4 is 29.1 Å². The maximum Gasteiger partial charge on any atom is 0.338 e. The van der Waals surface area contributed by atoms with E-state index in [1.54, 1.807) is 48.9 Å². The summed E-state index contributed by atoms with van der Waals surface area (Å²) in [5, 5.41) is 1.02. The third-order valence-electron chi connectivity index (χ3n) is 7.72. The summed E-state index contributed by atoms with van der Waals surface area (Å²) in [6, 6.07) is 24.7. The number of benzene rings is 4. The van der Waals surface area contributed by atoms with Gasteiger partial charge in [0, 0.05) is 21.2 Å². The zero-order valence-electron chi connectivity index (χ0n) is 26.5. The van der Waals surface area contributed by atoms with E-state index in [-0.39, 0.29) is 24.3 Å². The number of fused-ring (bicyclic) bond motifs is 1. The minimum Gasteiger partial charge on any atom is -0.497 e. The molecule has 0 radical (unpaired) electrons. The first-order valence-corrected chi connectivity index (χ1v) is 17.5. The molecule has 0 aliphatic carbocycles. The number of hydrogen-bond acceptors (Lipinski definition) is 8. The molecule has 0 spiro atoms. The van der Waals surface area contributed by atoms with Gasteiger partial charge < -0.3 is 18.9 Å². The van der Waals surface area contributed by atoms with Gasteiger partial charge in [-0.2, -0.15) is 0 Å². The number of nitrogens with zero attached hydrogens (tertiary/aromatic N) is 2. The van der Waals surface area contributed by atoms with Gasteiger partial charge in [-0.3, -0.25) is 9.36 Å². The molecular weight excluding hydrogens is 751 g/mol. The molecule has 4 aromatic carbocycles. The van der Waals surface area contributed by atoms with Crippen molar-refractivity contribution in [2.24, 2.45) is 4.99 Å². The first-order valence-electron chi connectivity index (χ1n) is 15.1. The summed E-state index contributed by atoms with van der Waals surface area (Å²) in [4.78, 5) is 33.4. The van der Waals surface area contributed by atoms with E-state index >= 15 is 0 Å². The summed E-state index contributed by atoms with van der Waals surface area (Å²) in [6.45, 7) is 2.08. The van der Waals surface area contributed by atoms with Gasteiger partial charge in [0.2, 0.25) is 0 Å². The van der Waals surface area contributed by atoms with E-state index in [0.717, 1.165) is 11.1 Å². The van der Waals surface area contributed by atoms with Crippen LogP contribution >= 0.6 is 50.5 Å². The lowest BCUT2D eigenvalue weighted by atomic mass is 9.93. The van der Waals surface area contributed by atoms with Crippen molar-refractivity contribution in [3.63, 3.8) is 0 Å². The van der Waals surface area contributed by atoms with Crippen molar-refractivity contribution in [1.29, 1.82) is 0 Å². The van der Waals surface area contributed by atoms with Crippen LogP contribution in [0.2, 0.25) is 10.0 Å². The van der Waals surface area contributed by atoms with Crippen LogP contribution in [-0.2, 0) is 16.1 Å². The maximum absolute atomic E-state index is 14.3. The van der Waals surface area contributed by atoms with Crippen molar-refractivity contribution in [3.05, 3.63) is 147 Å². The van der Waals surface area contributed by atoms with Crippen LogP contribution in [0.1, 0.15) is 35.2 Å². The average molecular weight is 781 g/mol. The number of esters is 1. The van der Waals surface area contributed by atoms with E-state index in [2.05, 4.69) is 15.9 Å². The molecule has 1 atom stereocenters. The van der Waals surface area contributed by atoms with Crippen molar-refractivity contribution < 1.29 is 23.7 Å². The van der Waals surface area contributed by atoms with Crippen LogP contribution in [0, 0.1) is 0 Å². The van der Waals surface area contributed by atoms with Gasteiger partial charge in [-0.25, -0.2) is 9.79 Å². The Hall–Kier alpha value is -4.35. The molecule has 49 heavy (non-hydrogen) atoms. The number of thiazole rings is 1. The molecule has 250 valence electrons. The summed E-state index contributed by atoms with van der Waals surface area (Å²) >= 11 is 17.2. The van der Waals surface area contributed by atoms with E-state index in [1.165, 1.54) is 18.4 Å². The molecule has 0 saturated carbocycles. The number of carbonyl (C=O) groups is 1. The fourth-order valence-electron chi connectivity index (χ4n) is 5.47. The molecule has 1 aliphatic heterocycles. The molecule has 0 bridgehead atoms. The third-order valence-corrected chi connectivity index (χ3v) is 9.88. The molecule has 0 amide bonds. The predicted octanol–water partition coefficient (Wildman–Crippen LogP) is 7.60. The molecule has 0 N–H and O–H groups in total. The zero-order chi connectivity index (χ0) is 34.7. The highest BCUT2D eigenvalue weighted by molar-refractivity contribution is 9.10. The molecule has 1 aliphatic rings. The fraction of sp³-hybridized carbons (Fsp3) is 0.162. The Kier molecular flexibility index (Phi) is 10.6. The lowest BCUT2D eigenvalue weighted by Crippen LogP contribution is -2.40. The highest BCUT2D eigenvalue weighted by atomic mass is 79.9. The van der Waals surface area contributed by atoms with E-state index in [4.69, 9.17) is 47.1 Å². The lowest BCUT2D eigenvalue weighted by molar-refractivity contribution is -0.138. The minimum atomic E-state index is -0.834. The Morgan fingerprint density at radius 1 is 1.00 bits per heavy atom. The van der Waals surface area contributed by atoms with Crippen molar-refractivity contribution >= 4 is 68.2 Å². The second-order valence-corrected chi connectivity index (χ2v) is 13.5. The maximum atomic E-state index is 14.3. The second kappa shape index (κ2) is 15.0. The highest BCUT2D eigenvalue weighted by Gasteiger charge is 2.35. The Bertz CT molecular complexity index is 2270. The quantitative estimate of drug-likeness (QED) is 0.136. The normalized spacial score (nSPS) is 14.2. The average Bonchev–Trinajstić information content (AvgIpc) is 3.41. The van der Waals surface area contributed by atoms with Crippen molar-refractivity contribution in [2.75, 3.05) is 20.8 Å². The molecular formula is C37H29BrCl2N2O6S. The minimum absolute atomic E-state index is 0.156. The van der Waals surface area contributed by atoms with Gasteiger partial charge in [-0.15, -0.1) is 0 Å². The third kappa shape index (κ3) is 7.19. The SMILES string of the molecule is CCOC(=O)C1=C(c2ccccc2)N=c2s/c(=C\c3cc(Br)c(OCc4ccc(Cl)cc4Cl)c(OC)c3)c(=O)n2[C@@H]1c1cccc(OC)c1. The van der Waals surface area contributed by atoms with Gasteiger partial charge in [0.1, 0.15) is 12.4 Å². The molecule has 0 saturated heterocycles.